The van der Waals surface area contributed by atoms with Crippen molar-refractivity contribution in [3.8, 4) is 0 Å². The summed E-state index contributed by atoms with van der Waals surface area (Å²) in [6.07, 6.45) is 0. The number of anilines is 1. The second-order valence-corrected chi connectivity index (χ2v) is 5.51. The zero-order valence-corrected chi connectivity index (χ0v) is 12.4. The Labute approximate surface area is 119 Å². The fraction of sp³-hybridized carbons (Fsp3) is 0.333. The van der Waals surface area contributed by atoms with Crippen LogP contribution in [0, 0.1) is 13.8 Å². The van der Waals surface area contributed by atoms with Gasteiger partial charge in [-0.15, -0.1) is 0 Å². The van der Waals surface area contributed by atoms with Crippen LogP contribution in [0.4, 0.5) is 5.82 Å². The molecule has 0 fully saturated rings. The van der Waals surface area contributed by atoms with Gasteiger partial charge in [0.05, 0.1) is 5.54 Å². The van der Waals surface area contributed by atoms with Crippen LogP contribution in [0.15, 0.2) is 30.3 Å². The SMILES string of the molecule is Cc1nc(Cl)c(C)c(NC(C)(C)c2ccccc2)n1. The average Bonchev–Trinajstić information content (AvgIpc) is 2.36. The lowest BCUT2D eigenvalue weighted by Gasteiger charge is -2.28. The normalized spacial score (nSPS) is 11.4. The molecule has 0 amide bonds. The molecule has 2 rings (SSSR count). The number of hydrogen-bond acceptors (Lipinski definition) is 3. The quantitative estimate of drug-likeness (QED) is 0.857. The smallest absolute Gasteiger partial charge is 0.137 e. The van der Waals surface area contributed by atoms with Gasteiger partial charge in [0.2, 0.25) is 0 Å². The lowest BCUT2D eigenvalue weighted by Crippen LogP contribution is -2.29. The first kappa shape index (κ1) is 13.8. The summed E-state index contributed by atoms with van der Waals surface area (Å²) in [5.74, 6) is 1.45. The van der Waals surface area contributed by atoms with Gasteiger partial charge in [-0.1, -0.05) is 41.9 Å². The second-order valence-electron chi connectivity index (χ2n) is 5.15. The maximum atomic E-state index is 6.10. The van der Waals surface area contributed by atoms with E-state index in [2.05, 4.69) is 41.3 Å². The van der Waals surface area contributed by atoms with Crippen molar-refractivity contribution in [3.05, 3.63) is 52.4 Å². The van der Waals surface area contributed by atoms with Gasteiger partial charge >= 0.3 is 0 Å². The van der Waals surface area contributed by atoms with Crippen LogP contribution in [0.2, 0.25) is 5.15 Å². The number of rotatable bonds is 3. The first-order valence-electron chi connectivity index (χ1n) is 6.24. The van der Waals surface area contributed by atoms with E-state index in [4.69, 9.17) is 11.6 Å². The van der Waals surface area contributed by atoms with Crippen molar-refractivity contribution in [2.24, 2.45) is 0 Å². The van der Waals surface area contributed by atoms with Crippen molar-refractivity contribution in [1.29, 1.82) is 0 Å². The molecule has 100 valence electrons. The summed E-state index contributed by atoms with van der Waals surface area (Å²) in [6, 6.07) is 10.3. The summed E-state index contributed by atoms with van der Waals surface area (Å²) < 4.78 is 0. The summed E-state index contributed by atoms with van der Waals surface area (Å²) in [5, 5.41) is 3.95. The number of hydrogen-bond donors (Lipinski definition) is 1. The predicted octanol–water partition coefficient (Wildman–Crippen LogP) is 4.09. The van der Waals surface area contributed by atoms with Crippen LogP contribution < -0.4 is 5.32 Å². The molecule has 0 unspecified atom stereocenters. The van der Waals surface area contributed by atoms with Crippen molar-refractivity contribution in [2.45, 2.75) is 33.2 Å². The third kappa shape index (κ3) is 3.04. The molecule has 1 aromatic carbocycles. The summed E-state index contributed by atoms with van der Waals surface area (Å²) >= 11 is 6.10. The van der Waals surface area contributed by atoms with Crippen LogP contribution in [0.1, 0.15) is 30.8 Å². The molecule has 0 aliphatic heterocycles. The van der Waals surface area contributed by atoms with Crippen LogP contribution in [0.3, 0.4) is 0 Å². The van der Waals surface area contributed by atoms with E-state index >= 15 is 0 Å². The number of halogens is 1. The largest absolute Gasteiger partial charge is 0.361 e. The van der Waals surface area contributed by atoms with Gasteiger partial charge in [-0.25, -0.2) is 9.97 Å². The molecule has 2 aromatic rings. The molecule has 0 aliphatic rings. The van der Waals surface area contributed by atoms with Crippen molar-refractivity contribution < 1.29 is 0 Å². The van der Waals surface area contributed by atoms with E-state index in [9.17, 15) is 0 Å². The Balaban J connectivity index is 2.36. The van der Waals surface area contributed by atoms with Crippen LogP contribution in [0.5, 0.6) is 0 Å². The van der Waals surface area contributed by atoms with Gasteiger partial charge in [-0.3, -0.25) is 0 Å². The third-order valence-corrected chi connectivity index (χ3v) is 3.49. The predicted molar refractivity (Wildman–Crippen MR) is 79.6 cm³/mol. The molecule has 3 nitrogen and oxygen atoms in total. The Kier molecular flexibility index (Phi) is 3.76. The monoisotopic (exact) mass is 275 g/mol. The van der Waals surface area contributed by atoms with Gasteiger partial charge in [0, 0.05) is 5.56 Å². The minimum atomic E-state index is -0.226. The molecule has 0 bridgehead atoms. The fourth-order valence-electron chi connectivity index (χ4n) is 1.94. The highest BCUT2D eigenvalue weighted by atomic mass is 35.5. The van der Waals surface area contributed by atoms with Crippen LogP contribution in [-0.2, 0) is 5.54 Å². The number of benzene rings is 1. The topological polar surface area (TPSA) is 37.8 Å². The maximum Gasteiger partial charge on any atom is 0.137 e. The van der Waals surface area contributed by atoms with E-state index < -0.39 is 0 Å². The molecule has 1 heterocycles. The van der Waals surface area contributed by atoms with Gasteiger partial charge in [0.25, 0.3) is 0 Å². The van der Waals surface area contributed by atoms with Crippen LogP contribution in [-0.4, -0.2) is 9.97 Å². The Morgan fingerprint density at radius 2 is 1.68 bits per heavy atom. The van der Waals surface area contributed by atoms with Crippen molar-refractivity contribution in [1.82, 2.24) is 9.97 Å². The molecular weight excluding hydrogens is 258 g/mol. The van der Waals surface area contributed by atoms with E-state index in [0.717, 1.165) is 11.4 Å². The van der Waals surface area contributed by atoms with Crippen molar-refractivity contribution in [3.63, 3.8) is 0 Å². The second kappa shape index (κ2) is 5.17. The minimum Gasteiger partial charge on any atom is -0.361 e. The van der Waals surface area contributed by atoms with Gasteiger partial charge in [0.15, 0.2) is 0 Å². The molecule has 1 N–H and O–H groups in total. The lowest BCUT2D eigenvalue weighted by atomic mass is 9.94. The highest BCUT2D eigenvalue weighted by Gasteiger charge is 2.22. The maximum absolute atomic E-state index is 6.10. The zero-order valence-electron chi connectivity index (χ0n) is 11.7. The molecule has 0 saturated carbocycles. The number of nitrogens with one attached hydrogen (secondary N) is 1. The molecule has 0 radical (unpaired) electrons. The Bertz CT molecular complexity index is 579. The van der Waals surface area contributed by atoms with Gasteiger partial charge in [-0.05, 0) is 33.3 Å². The molecule has 1 aromatic heterocycles. The molecule has 0 spiro atoms. The molecule has 4 heteroatoms. The third-order valence-electron chi connectivity index (χ3n) is 3.12. The zero-order chi connectivity index (χ0) is 14.0. The van der Waals surface area contributed by atoms with E-state index in [1.54, 1.807) is 0 Å². The minimum absolute atomic E-state index is 0.226. The summed E-state index contributed by atoms with van der Waals surface area (Å²) in [4.78, 5) is 8.59. The fourth-order valence-corrected chi connectivity index (χ4v) is 2.15. The Hall–Kier alpha value is -1.61. The molecule has 0 aliphatic carbocycles. The van der Waals surface area contributed by atoms with Crippen molar-refractivity contribution >= 4 is 17.4 Å². The summed E-state index contributed by atoms with van der Waals surface area (Å²) in [7, 11) is 0. The first-order valence-corrected chi connectivity index (χ1v) is 6.62. The summed E-state index contributed by atoms with van der Waals surface area (Å²) in [6.45, 7) is 8.00. The van der Waals surface area contributed by atoms with E-state index in [0.29, 0.717) is 11.0 Å². The number of aryl methyl sites for hydroxylation is 1. The van der Waals surface area contributed by atoms with Crippen LogP contribution >= 0.6 is 11.6 Å². The molecule has 19 heavy (non-hydrogen) atoms. The van der Waals surface area contributed by atoms with Gasteiger partial charge in [0.1, 0.15) is 16.8 Å². The van der Waals surface area contributed by atoms with E-state index in [1.807, 2.05) is 32.0 Å². The number of aromatic nitrogens is 2. The highest BCUT2D eigenvalue weighted by molar-refractivity contribution is 6.30. The van der Waals surface area contributed by atoms with Gasteiger partial charge in [-0.2, -0.15) is 0 Å². The van der Waals surface area contributed by atoms with Crippen molar-refractivity contribution in [2.75, 3.05) is 5.32 Å². The van der Waals surface area contributed by atoms with Gasteiger partial charge < -0.3 is 5.32 Å². The molecular formula is C15H18ClN3. The van der Waals surface area contributed by atoms with E-state index in [1.165, 1.54) is 5.56 Å². The van der Waals surface area contributed by atoms with Crippen LogP contribution in [0.25, 0.3) is 0 Å². The molecule has 0 atom stereocenters. The number of nitrogens with zero attached hydrogens (tertiary/aromatic N) is 2. The van der Waals surface area contributed by atoms with E-state index in [-0.39, 0.29) is 5.54 Å². The Morgan fingerprint density at radius 3 is 2.32 bits per heavy atom. The standard InChI is InChI=1S/C15H18ClN3/c1-10-13(16)17-11(2)18-14(10)19-15(3,4)12-8-6-5-7-9-12/h5-9H,1-4H3,(H,17,18,19). The summed E-state index contributed by atoms with van der Waals surface area (Å²) in [5.41, 5.74) is 1.84. The first-order chi connectivity index (χ1) is 8.90. The lowest BCUT2D eigenvalue weighted by molar-refractivity contribution is 0.604. The highest BCUT2D eigenvalue weighted by Crippen LogP contribution is 2.28. The Morgan fingerprint density at radius 1 is 1.05 bits per heavy atom. The average molecular weight is 276 g/mol. The molecule has 0 saturated heterocycles.